The molecule has 0 N–H and O–H groups in total. The summed E-state index contributed by atoms with van der Waals surface area (Å²) in [5.41, 5.74) is 2.19. The van der Waals surface area contributed by atoms with Crippen molar-refractivity contribution < 1.29 is 9.47 Å². The maximum absolute atomic E-state index is 5.80. The van der Waals surface area contributed by atoms with Crippen LogP contribution < -0.4 is 4.74 Å². The van der Waals surface area contributed by atoms with E-state index in [-0.39, 0.29) is 5.54 Å². The lowest BCUT2D eigenvalue weighted by Gasteiger charge is -2.13. The van der Waals surface area contributed by atoms with Crippen molar-refractivity contribution in [2.24, 2.45) is 4.99 Å². The first kappa shape index (κ1) is 14.9. The molecule has 0 saturated heterocycles. The quantitative estimate of drug-likeness (QED) is 0.735. The number of hydrogen-bond acceptors (Lipinski definition) is 3. The minimum atomic E-state index is -0.126. The van der Waals surface area contributed by atoms with E-state index in [9.17, 15) is 0 Å². The molecule has 0 fully saturated rings. The van der Waals surface area contributed by atoms with Gasteiger partial charge in [-0.1, -0.05) is 25.8 Å². The van der Waals surface area contributed by atoms with Crippen molar-refractivity contribution >= 4 is 5.90 Å². The molecule has 1 aromatic carbocycles. The third-order valence-corrected chi connectivity index (χ3v) is 3.58. The summed E-state index contributed by atoms with van der Waals surface area (Å²) in [7, 11) is 1.73. The third-order valence-electron chi connectivity index (χ3n) is 3.58. The predicted octanol–water partition coefficient (Wildman–Crippen LogP) is 3.98. The minimum Gasteiger partial charge on any atom is -0.496 e. The van der Waals surface area contributed by atoms with Crippen LogP contribution in [0, 0.1) is 0 Å². The fourth-order valence-electron chi connectivity index (χ4n) is 2.49. The number of aliphatic imine (C=N–C) groups is 1. The maximum Gasteiger partial charge on any atom is 0.217 e. The summed E-state index contributed by atoms with van der Waals surface area (Å²) in [6.45, 7) is 7.05. The van der Waals surface area contributed by atoms with Gasteiger partial charge in [-0.05, 0) is 38.8 Å². The molecule has 0 unspecified atom stereocenters. The second kappa shape index (κ2) is 6.29. The van der Waals surface area contributed by atoms with Gasteiger partial charge in [0.05, 0.1) is 12.6 Å². The summed E-state index contributed by atoms with van der Waals surface area (Å²) in [4.78, 5) is 4.69. The molecule has 3 nitrogen and oxygen atoms in total. The maximum atomic E-state index is 5.80. The summed E-state index contributed by atoms with van der Waals surface area (Å²) >= 11 is 0. The zero-order chi connectivity index (χ0) is 14.6. The number of unbranched alkanes of at least 4 members (excludes halogenated alkanes) is 2. The van der Waals surface area contributed by atoms with Gasteiger partial charge >= 0.3 is 0 Å². The van der Waals surface area contributed by atoms with E-state index in [1.165, 1.54) is 24.8 Å². The molecule has 20 heavy (non-hydrogen) atoms. The van der Waals surface area contributed by atoms with Gasteiger partial charge in [0.2, 0.25) is 5.90 Å². The van der Waals surface area contributed by atoms with Crippen LogP contribution in [0.1, 0.15) is 51.2 Å². The van der Waals surface area contributed by atoms with E-state index in [0.29, 0.717) is 6.61 Å². The number of rotatable bonds is 6. The molecule has 1 aliphatic heterocycles. The monoisotopic (exact) mass is 275 g/mol. The third kappa shape index (κ3) is 3.33. The second-order valence-corrected chi connectivity index (χ2v) is 5.96. The topological polar surface area (TPSA) is 30.8 Å². The van der Waals surface area contributed by atoms with Crippen molar-refractivity contribution in [1.82, 2.24) is 0 Å². The van der Waals surface area contributed by atoms with Crippen LogP contribution in [0.2, 0.25) is 0 Å². The first-order valence-corrected chi connectivity index (χ1v) is 7.46. The van der Waals surface area contributed by atoms with Crippen LogP contribution in [0.25, 0.3) is 0 Å². The molecule has 2 rings (SSSR count). The highest BCUT2D eigenvalue weighted by atomic mass is 16.5. The van der Waals surface area contributed by atoms with Crippen LogP contribution in [0.3, 0.4) is 0 Å². The van der Waals surface area contributed by atoms with Gasteiger partial charge in [-0.3, -0.25) is 0 Å². The highest BCUT2D eigenvalue weighted by Gasteiger charge is 2.28. The van der Waals surface area contributed by atoms with Crippen molar-refractivity contribution in [1.29, 1.82) is 0 Å². The smallest absolute Gasteiger partial charge is 0.217 e. The predicted molar refractivity (Wildman–Crippen MR) is 82.8 cm³/mol. The normalized spacial score (nSPS) is 16.7. The Kier molecular flexibility index (Phi) is 4.69. The molecule has 3 heteroatoms. The van der Waals surface area contributed by atoms with Gasteiger partial charge in [-0.15, -0.1) is 0 Å². The van der Waals surface area contributed by atoms with Gasteiger partial charge in [0.25, 0.3) is 0 Å². The molecule has 0 bridgehead atoms. The van der Waals surface area contributed by atoms with Gasteiger partial charge in [-0.25, -0.2) is 4.99 Å². The Hall–Kier alpha value is -1.51. The Morgan fingerprint density at radius 2 is 2.10 bits per heavy atom. The van der Waals surface area contributed by atoms with E-state index in [4.69, 9.17) is 14.5 Å². The molecule has 0 atom stereocenters. The van der Waals surface area contributed by atoms with Crippen molar-refractivity contribution in [2.45, 2.75) is 52.0 Å². The van der Waals surface area contributed by atoms with E-state index in [1.54, 1.807) is 7.11 Å². The molecular weight excluding hydrogens is 250 g/mol. The summed E-state index contributed by atoms with van der Waals surface area (Å²) < 4.78 is 11.3. The molecule has 1 heterocycles. The Labute approximate surface area is 122 Å². The summed E-state index contributed by atoms with van der Waals surface area (Å²) in [6, 6.07) is 6.12. The van der Waals surface area contributed by atoms with E-state index in [1.807, 2.05) is 12.1 Å². The lowest BCUT2D eigenvalue weighted by atomic mass is 10.00. The number of benzene rings is 1. The molecule has 0 amide bonds. The lowest BCUT2D eigenvalue weighted by molar-refractivity contribution is 0.279. The van der Waals surface area contributed by atoms with Crippen LogP contribution in [0.5, 0.6) is 5.75 Å². The molecule has 110 valence electrons. The van der Waals surface area contributed by atoms with Crippen LogP contribution in [-0.2, 0) is 11.2 Å². The van der Waals surface area contributed by atoms with Crippen LogP contribution in [0.15, 0.2) is 23.2 Å². The Morgan fingerprint density at radius 3 is 2.70 bits per heavy atom. The van der Waals surface area contributed by atoms with E-state index < -0.39 is 0 Å². The summed E-state index contributed by atoms with van der Waals surface area (Å²) in [6.07, 6.45) is 4.63. The molecule has 1 aliphatic rings. The molecular formula is C17H25NO2. The highest BCUT2D eigenvalue weighted by molar-refractivity contribution is 5.97. The average Bonchev–Trinajstić information content (AvgIpc) is 2.79. The molecule has 0 radical (unpaired) electrons. The van der Waals surface area contributed by atoms with Gasteiger partial charge in [0.1, 0.15) is 12.4 Å². The lowest BCUT2D eigenvalue weighted by Crippen LogP contribution is -2.17. The molecule has 0 aromatic heterocycles. The van der Waals surface area contributed by atoms with Gasteiger partial charge < -0.3 is 9.47 Å². The Morgan fingerprint density at radius 1 is 1.30 bits per heavy atom. The zero-order valence-corrected chi connectivity index (χ0v) is 13.0. The van der Waals surface area contributed by atoms with Crippen LogP contribution in [-0.4, -0.2) is 25.2 Å². The van der Waals surface area contributed by atoms with Crippen molar-refractivity contribution in [2.75, 3.05) is 13.7 Å². The van der Waals surface area contributed by atoms with Gasteiger partial charge in [-0.2, -0.15) is 0 Å². The zero-order valence-electron chi connectivity index (χ0n) is 13.0. The number of nitrogens with zero attached hydrogens (tertiary/aromatic N) is 1. The number of methoxy groups -OCH3 is 1. The summed E-state index contributed by atoms with van der Waals surface area (Å²) in [5.74, 6) is 1.70. The molecule has 0 saturated carbocycles. The largest absolute Gasteiger partial charge is 0.496 e. The standard InChI is InChI=1S/C17H25NO2/c1-5-6-7-9-13-14(10-8-11-15(13)19-4)16-18-17(2,3)12-20-16/h8,10-11H,5-7,9,12H2,1-4H3. The Bertz CT molecular complexity index is 492. The molecule has 0 aliphatic carbocycles. The number of ether oxygens (including phenoxy) is 2. The second-order valence-electron chi connectivity index (χ2n) is 5.96. The SMILES string of the molecule is CCCCCc1c(OC)cccc1C1=NC(C)(C)CO1. The fourth-order valence-corrected chi connectivity index (χ4v) is 2.49. The first-order valence-electron chi connectivity index (χ1n) is 7.46. The Balaban J connectivity index is 2.32. The van der Waals surface area contributed by atoms with Gasteiger partial charge in [0, 0.05) is 11.1 Å². The average molecular weight is 275 g/mol. The van der Waals surface area contributed by atoms with Crippen molar-refractivity contribution in [3.05, 3.63) is 29.3 Å². The van der Waals surface area contributed by atoms with Crippen LogP contribution in [0.4, 0.5) is 0 Å². The first-order chi connectivity index (χ1) is 9.57. The van der Waals surface area contributed by atoms with E-state index in [2.05, 4.69) is 26.8 Å². The molecule has 1 aromatic rings. The minimum absolute atomic E-state index is 0.126. The number of hydrogen-bond donors (Lipinski definition) is 0. The van der Waals surface area contributed by atoms with E-state index in [0.717, 1.165) is 23.6 Å². The summed E-state index contributed by atoms with van der Waals surface area (Å²) in [5, 5.41) is 0. The van der Waals surface area contributed by atoms with Gasteiger partial charge in [0.15, 0.2) is 0 Å². The van der Waals surface area contributed by atoms with Crippen molar-refractivity contribution in [3.8, 4) is 5.75 Å². The highest BCUT2D eigenvalue weighted by Crippen LogP contribution is 2.29. The van der Waals surface area contributed by atoms with E-state index >= 15 is 0 Å². The van der Waals surface area contributed by atoms with Crippen molar-refractivity contribution in [3.63, 3.8) is 0 Å². The fraction of sp³-hybridized carbons (Fsp3) is 0.588. The van der Waals surface area contributed by atoms with Crippen LogP contribution >= 0.6 is 0 Å². The molecule has 0 spiro atoms.